The Morgan fingerprint density at radius 2 is 1.91 bits per heavy atom. The number of amides is 2. The molecule has 120 valence electrons. The van der Waals surface area contributed by atoms with Crippen molar-refractivity contribution in [1.29, 1.82) is 0 Å². The van der Waals surface area contributed by atoms with Crippen molar-refractivity contribution in [3.8, 4) is 0 Å². The Kier molecular flexibility index (Phi) is 5.41. The van der Waals surface area contributed by atoms with E-state index in [0.29, 0.717) is 12.5 Å². The summed E-state index contributed by atoms with van der Waals surface area (Å²) in [5.74, 6) is -0.301. The van der Waals surface area contributed by atoms with Crippen molar-refractivity contribution in [2.45, 2.75) is 45.7 Å². The lowest BCUT2D eigenvalue weighted by molar-refractivity contribution is 0.0697. The summed E-state index contributed by atoms with van der Waals surface area (Å²) >= 11 is 0. The molecule has 22 heavy (non-hydrogen) atoms. The third-order valence-corrected chi connectivity index (χ3v) is 4.21. The van der Waals surface area contributed by atoms with E-state index in [9.17, 15) is 9.59 Å². The monoisotopic (exact) mass is 304 g/mol. The first-order valence-electron chi connectivity index (χ1n) is 7.84. The Bertz CT molecular complexity index is 521. The fourth-order valence-electron chi connectivity index (χ4n) is 2.53. The second-order valence-corrected chi connectivity index (χ2v) is 6.20. The first-order chi connectivity index (χ1) is 10.5. The van der Waals surface area contributed by atoms with E-state index < -0.39 is 5.97 Å². The lowest BCUT2D eigenvalue weighted by Crippen LogP contribution is -2.46. The number of aromatic carboxylic acids is 1. The summed E-state index contributed by atoms with van der Waals surface area (Å²) in [6.07, 6.45) is 3.70. The van der Waals surface area contributed by atoms with Crippen molar-refractivity contribution in [2.24, 2.45) is 5.92 Å². The van der Waals surface area contributed by atoms with Crippen LogP contribution in [0.1, 0.15) is 49.0 Å². The van der Waals surface area contributed by atoms with Gasteiger partial charge in [-0.3, -0.25) is 0 Å². The summed E-state index contributed by atoms with van der Waals surface area (Å²) in [4.78, 5) is 25.0. The second kappa shape index (κ2) is 7.29. The van der Waals surface area contributed by atoms with E-state index in [-0.39, 0.29) is 17.6 Å². The third-order valence-electron chi connectivity index (χ3n) is 4.21. The van der Waals surface area contributed by atoms with Crippen molar-refractivity contribution in [3.63, 3.8) is 0 Å². The van der Waals surface area contributed by atoms with Crippen molar-refractivity contribution < 1.29 is 14.7 Å². The number of carbonyl (C=O) groups is 2. The number of carboxylic acid groups (broad SMARTS) is 1. The summed E-state index contributed by atoms with van der Waals surface area (Å²) in [7, 11) is 0. The first kappa shape index (κ1) is 16.3. The summed E-state index contributed by atoms with van der Waals surface area (Å²) in [5.41, 5.74) is 1.15. The van der Waals surface area contributed by atoms with Gasteiger partial charge < -0.3 is 15.3 Å². The van der Waals surface area contributed by atoms with Crippen molar-refractivity contribution in [1.82, 2.24) is 10.2 Å². The van der Waals surface area contributed by atoms with Gasteiger partial charge in [0, 0.05) is 19.1 Å². The zero-order valence-electron chi connectivity index (χ0n) is 13.2. The molecule has 0 aliphatic heterocycles. The molecular weight excluding hydrogens is 280 g/mol. The van der Waals surface area contributed by atoms with Crippen LogP contribution in [0.3, 0.4) is 0 Å². The average Bonchev–Trinajstić information content (AvgIpc) is 2.43. The normalized spacial score (nSPS) is 14.5. The molecule has 0 bridgehead atoms. The van der Waals surface area contributed by atoms with Gasteiger partial charge in [0.05, 0.1) is 5.56 Å². The number of nitrogens with one attached hydrogen (secondary N) is 1. The largest absolute Gasteiger partial charge is 0.478 e. The van der Waals surface area contributed by atoms with E-state index in [1.807, 2.05) is 18.7 Å². The van der Waals surface area contributed by atoms with Gasteiger partial charge in [0.1, 0.15) is 0 Å². The van der Waals surface area contributed by atoms with Crippen LogP contribution in [0.5, 0.6) is 0 Å². The van der Waals surface area contributed by atoms with E-state index in [1.165, 1.54) is 19.3 Å². The topological polar surface area (TPSA) is 69.6 Å². The van der Waals surface area contributed by atoms with Gasteiger partial charge in [-0.15, -0.1) is 0 Å². The molecule has 0 radical (unpaired) electrons. The maximum Gasteiger partial charge on any atom is 0.335 e. The molecule has 2 N–H and O–H groups in total. The number of urea groups is 1. The standard InChI is InChI=1S/C17H24N2O3/c1-12(2)19(11-14-4-3-5-14)17(22)18-10-13-6-8-15(9-7-13)16(20)21/h6-9,12,14H,3-5,10-11H2,1-2H3,(H,18,22)(H,20,21). The predicted octanol–water partition coefficient (Wildman–Crippen LogP) is 3.10. The van der Waals surface area contributed by atoms with Crippen LogP contribution < -0.4 is 5.32 Å². The summed E-state index contributed by atoms with van der Waals surface area (Å²) in [6.45, 7) is 5.29. The lowest BCUT2D eigenvalue weighted by Gasteiger charge is -2.34. The van der Waals surface area contributed by atoms with Gasteiger partial charge in [0.15, 0.2) is 0 Å². The number of nitrogens with zero attached hydrogens (tertiary/aromatic N) is 1. The predicted molar refractivity (Wildman–Crippen MR) is 84.8 cm³/mol. The maximum absolute atomic E-state index is 12.3. The van der Waals surface area contributed by atoms with E-state index in [1.54, 1.807) is 24.3 Å². The van der Waals surface area contributed by atoms with Crippen molar-refractivity contribution >= 4 is 12.0 Å². The minimum Gasteiger partial charge on any atom is -0.478 e. The van der Waals surface area contributed by atoms with Crippen LogP contribution in [0.25, 0.3) is 0 Å². The molecule has 5 nitrogen and oxygen atoms in total. The Balaban J connectivity index is 1.87. The first-order valence-corrected chi connectivity index (χ1v) is 7.84. The quantitative estimate of drug-likeness (QED) is 0.848. The summed E-state index contributed by atoms with van der Waals surface area (Å²) in [6, 6.07) is 6.70. The van der Waals surface area contributed by atoms with Crippen LogP contribution in [0.2, 0.25) is 0 Å². The second-order valence-electron chi connectivity index (χ2n) is 6.20. The van der Waals surface area contributed by atoms with Crippen LogP contribution in [-0.4, -0.2) is 34.6 Å². The maximum atomic E-state index is 12.3. The van der Waals surface area contributed by atoms with E-state index >= 15 is 0 Å². The van der Waals surface area contributed by atoms with Gasteiger partial charge in [0.25, 0.3) is 0 Å². The average molecular weight is 304 g/mol. The van der Waals surface area contributed by atoms with Crippen molar-refractivity contribution in [3.05, 3.63) is 35.4 Å². The molecule has 1 aromatic carbocycles. The number of carbonyl (C=O) groups excluding carboxylic acids is 1. The number of hydrogen-bond acceptors (Lipinski definition) is 2. The van der Waals surface area contributed by atoms with Gasteiger partial charge in [-0.05, 0) is 50.3 Å². The van der Waals surface area contributed by atoms with Crippen LogP contribution in [-0.2, 0) is 6.54 Å². The molecule has 2 rings (SSSR count). The van der Waals surface area contributed by atoms with Crippen LogP contribution >= 0.6 is 0 Å². The number of hydrogen-bond donors (Lipinski definition) is 2. The zero-order chi connectivity index (χ0) is 16.1. The third kappa shape index (κ3) is 4.23. The van der Waals surface area contributed by atoms with Crippen LogP contribution in [0.15, 0.2) is 24.3 Å². The molecule has 1 aliphatic rings. The minimum absolute atomic E-state index is 0.0517. The lowest BCUT2D eigenvalue weighted by atomic mass is 9.85. The fourth-order valence-corrected chi connectivity index (χ4v) is 2.53. The number of benzene rings is 1. The van der Waals surface area contributed by atoms with Gasteiger partial charge >= 0.3 is 12.0 Å². The number of carboxylic acids is 1. The van der Waals surface area contributed by atoms with E-state index in [2.05, 4.69) is 5.32 Å². The Morgan fingerprint density at radius 3 is 2.36 bits per heavy atom. The molecule has 1 aromatic rings. The van der Waals surface area contributed by atoms with Gasteiger partial charge in [-0.1, -0.05) is 18.6 Å². The highest BCUT2D eigenvalue weighted by molar-refractivity contribution is 5.87. The molecule has 0 heterocycles. The Morgan fingerprint density at radius 1 is 1.27 bits per heavy atom. The zero-order valence-corrected chi connectivity index (χ0v) is 13.2. The molecule has 1 aliphatic carbocycles. The number of rotatable bonds is 6. The highest BCUT2D eigenvalue weighted by atomic mass is 16.4. The highest BCUT2D eigenvalue weighted by Crippen LogP contribution is 2.27. The molecule has 0 atom stereocenters. The molecule has 5 heteroatoms. The summed E-state index contributed by atoms with van der Waals surface area (Å²) < 4.78 is 0. The minimum atomic E-state index is -0.943. The van der Waals surface area contributed by atoms with Gasteiger partial charge in [0.2, 0.25) is 0 Å². The van der Waals surface area contributed by atoms with Crippen molar-refractivity contribution in [2.75, 3.05) is 6.54 Å². The smallest absolute Gasteiger partial charge is 0.335 e. The van der Waals surface area contributed by atoms with Crippen LogP contribution in [0.4, 0.5) is 4.79 Å². The van der Waals surface area contributed by atoms with E-state index in [0.717, 1.165) is 12.1 Å². The van der Waals surface area contributed by atoms with Gasteiger partial charge in [-0.25, -0.2) is 9.59 Å². The molecule has 1 fully saturated rings. The molecular formula is C17H24N2O3. The Hall–Kier alpha value is -2.04. The molecule has 0 spiro atoms. The molecule has 0 aromatic heterocycles. The summed E-state index contributed by atoms with van der Waals surface area (Å²) in [5, 5.41) is 11.8. The van der Waals surface area contributed by atoms with Crippen LogP contribution in [0, 0.1) is 5.92 Å². The SMILES string of the molecule is CC(C)N(CC1CCC1)C(=O)NCc1ccc(C(=O)O)cc1. The van der Waals surface area contributed by atoms with E-state index in [4.69, 9.17) is 5.11 Å². The molecule has 1 saturated carbocycles. The Labute approximate surface area is 131 Å². The highest BCUT2D eigenvalue weighted by Gasteiger charge is 2.25. The fraction of sp³-hybridized carbons (Fsp3) is 0.529. The molecule has 0 unspecified atom stereocenters. The van der Waals surface area contributed by atoms with Gasteiger partial charge in [-0.2, -0.15) is 0 Å². The molecule has 2 amide bonds. The molecule has 0 saturated heterocycles.